The molecule has 4 aromatic rings. The number of benzene rings is 4. The van der Waals surface area contributed by atoms with Crippen LogP contribution < -0.4 is 30.9 Å². The number of nitrogens with zero attached hydrogens (tertiary/aromatic N) is 2. The maximum absolute atomic E-state index is 14.4. The molecule has 0 unspecified atom stereocenters. The molecule has 9 nitrogen and oxygen atoms in total. The first kappa shape index (κ1) is 29.5. The summed E-state index contributed by atoms with van der Waals surface area (Å²) in [6.45, 7) is 0.831. The van der Waals surface area contributed by atoms with Crippen molar-refractivity contribution in [3.05, 3.63) is 96.1 Å². The molecule has 222 valence electrons. The minimum atomic E-state index is -1.07. The predicted molar refractivity (Wildman–Crippen MR) is 166 cm³/mol. The molecule has 0 spiro atoms. The largest absolute Gasteiger partial charge is 0.490 e. The first-order valence-electron chi connectivity index (χ1n) is 14.1. The smallest absolute Gasteiger partial charge is 0.258 e. The lowest BCUT2D eigenvalue weighted by atomic mass is 10.0. The van der Waals surface area contributed by atoms with Gasteiger partial charge in [0.2, 0.25) is 5.91 Å². The molecule has 0 saturated carbocycles. The summed E-state index contributed by atoms with van der Waals surface area (Å²) in [5.74, 6) is -0.685. The van der Waals surface area contributed by atoms with Gasteiger partial charge in [0.25, 0.3) is 11.8 Å². The molecule has 1 heterocycles. The molecule has 0 saturated heterocycles. The van der Waals surface area contributed by atoms with Crippen molar-refractivity contribution in [2.45, 2.75) is 25.6 Å². The van der Waals surface area contributed by atoms with Crippen LogP contribution in [-0.2, 0) is 16.1 Å². The van der Waals surface area contributed by atoms with Crippen molar-refractivity contribution in [1.29, 1.82) is 0 Å². The number of alkyl halides is 1. The fourth-order valence-corrected chi connectivity index (χ4v) is 5.18. The normalized spacial score (nSPS) is 15.5. The van der Waals surface area contributed by atoms with E-state index >= 15 is 0 Å². The van der Waals surface area contributed by atoms with E-state index in [1.165, 1.54) is 4.90 Å². The number of rotatable bonds is 9. The average Bonchev–Trinajstić information content (AvgIpc) is 3.14. The Morgan fingerprint density at radius 3 is 2.42 bits per heavy atom. The van der Waals surface area contributed by atoms with Gasteiger partial charge in [-0.15, -0.1) is 0 Å². The Labute approximate surface area is 249 Å². The van der Waals surface area contributed by atoms with Crippen molar-refractivity contribution in [3.63, 3.8) is 0 Å². The third kappa shape index (κ3) is 6.14. The SMILES string of the molecule is CN[C@@H](C)C(=O)N[C@H]1CN(C(=O)c2ccc(N)cc2)c2ccccc2N(Cc2c(OCCF)ccc3ccccc23)C1=O. The topological polar surface area (TPSA) is 117 Å². The van der Waals surface area contributed by atoms with Crippen LogP contribution in [0, 0.1) is 0 Å². The van der Waals surface area contributed by atoms with Gasteiger partial charge >= 0.3 is 0 Å². The molecule has 4 aromatic carbocycles. The summed E-state index contributed by atoms with van der Waals surface area (Å²) in [4.78, 5) is 44.5. The van der Waals surface area contributed by atoms with Gasteiger partial charge in [0.05, 0.1) is 30.5 Å². The number of nitrogens with two attached hydrogens (primary N) is 1. The standard InChI is InChI=1S/C33H34FN5O4/c1-21(36-2)31(40)37-27-20-39(32(41)23-11-14-24(35)15-12-23)29-10-6-5-9-28(29)38(33(27)42)19-26-25-8-4-3-7-22(25)13-16-30(26)43-18-17-34/h3-16,21,27,36H,17-20,35H2,1-2H3,(H,37,40)/t21-,27-/m0/s1. The Kier molecular flexibility index (Phi) is 8.87. The molecule has 10 heteroatoms. The van der Waals surface area contributed by atoms with Crippen LogP contribution in [0.3, 0.4) is 0 Å². The summed E-state index contributed by atoms with van der Waals surface area (Å²) >= 11 is 0. The van der Waals surface area contributed by atoms with E-state index in [1.807, 2.05) is 30.3 Å². The Morgan fingerprint density at radius 2 is 1.70 bits per heavy atom. The van der Waals surface area contributed by atoms with Gasteiger partial charge in [-0.25, -0.2) is 4.39 Å². The molecule has 0 aromatic heterocycles. The van der Waals surface area contributed by atoms with Gasteiger partial charge in [0.15, 0.2) is 0 Å². The molecule has 4 N–H and O–H groups in total. The van der Waals surface area contributed by atoms with Gasteiger partial charge in [-0.1, -0.05) is 42.5 Å². The fraction of sp³-hybridized carbons (Fsp3) is 0.242. The second-order valence-electron chi connectivity index (χ2n) is 10.3. The fourth-order valence-electron chi connectivity index (χ4n) is 5.18. The summed E-state index contributed by atoms with van der Waals surface area (Å²) in [5.41, 5.74) is 8.42. The van der Waals surface area contributed by atoms with E-state index < -0.39 is 24.7 Å². The first-order chi connectivity index (χ1) is 20.8. The molecular weight excluding hydrogens is 549 g/mol. The molecule has 0 fully saturated rings. The summed E-state index contributed by atoms with van der Waals surface area (Å²) in [6.07, 6.45) is 0. The van der Waals surface area contributed by atoms with E-state index in [2.05, 4.69) is 10.6 Å². The van der Waals surface area contributed by atoms with Crippen molar-refractivity contribution in [1.82, 2.24) is 10.6 Å². The molecule has 1 aliphatic heterocycles. The van der Waals surface area contributed by atoms with Crippen molar-refractivity contribution in [2.75, 3.05) is 42.4 Å². The van der Waals surface area contributed by atoms with E-state index in [-0.39, 0.29) is 31.5 Å². The molecule has 0 aliphatic carbocycles. The number of nitrogen functional groups attached to an aromatic ring is 1. The number of carbonyl (C=O) groups excluding carboxylic acids is 3. The Morgan fingerprint density at radius 1 is 1.00 bits per heavy atom. The molecule has 3 amide bonds. The zero-order valence-corrected chi connectivity index (χ0v) is 24.0. The van der Waals surface area contributed by atoms with Crippen LogP contribution in [0.1, 0.15) is 22.8 Å². The highest BCUT2D eigenvalue weighted by Crippen LogP contribution is 2.37. The van der Waals surface area contributed by atoms with Crippen LogP contribution >= 0.6 is 0 Å². The van der Waals surface area contributed by atoms with Crippen LogP contribution in [0.15, 0.2) is 84.9 Å². The Balaban J connectivity index is 1.64. The average molecular weight is 584 g/mol. The van der Waals surface area contributed by atoms with Crippen LogP contribution in [0.5, 0.6) is 5.75 Å². The van der Waals surface area contributed by atoms with Crippen LogP contribution in [0.2, 0.25) is 0 Å². The van der Waals surface area contributed by atoms with Crippen molar-refractivity contribution >= 4 is 45.6 Å². The zero-order chi connectivity index (χ0) is 30.5. The first-order valence-corrected chi connectivity index (χ1v) is 14.1. The summed E-state index contributed by atoms with van der Waals surface area (Å²) in [7, 11) is 1.65. The Bertz CT molecular complexity index is 1640. The van der Waals surface area contributed by atoms with Crippen LogP contribution in [0.25, 0.3) is 10.8 Å². The van der Waals surface area contributed by atoms with Gasteiger partial charge in [0.1, 0.15) is 25.1 Å². The number of amides is 3. The number of anilines is 3. The van der Waals surface area contributed by atoms with Crippen LogP contribution in [-0.4, -0.2) is 56.7 Å². The van der Waals surface area contributed by atoms with E-state index in [9.17, 15) is 18.8 Å². The number of nitrogens with one attached hydrogen (secondary N) is 2. The lowest BCUT2D eigenvalue weighted by molar-refractivity contribution is -0.128. The van der Waals surface area contributed by atoms with Gasteiger partial charge in [0, 0.05) is 16.8 Å². The third-order valence-corrected chi connectivity index (χ3v) is 7.59. The number of fused-ring (bicyclic) bond motifs is 2. The summed E-state index contributed by atoms with van der Waals surface area (Å²) < 4.78 is 19.0. The number of ether oxygens (including phenoxy) is 1. The van der Waals surface area contributed by atoms with Crippen LogP contribution in [0.4, 0.5) is 21.5 Å². The van der Waals surface area contributed by atoms with Gasteiger partial charge in [-0.05, 0) is 67.2 Å². The third-order valence-electron chi connectivity index (χ3n) is 7.59. The minimum Gasteiger partial charge on any atom is -0.490 e. The molecule has 0 bridgehead atoms. The van der Waals surface area contributed by atoms with Crippen molar-refractivity contribution < 1.29 is 23.5 Å². The maximum atomic E-state index is 14.4. The molecule has 0 radical (unpaired) electrons. The number of hydrogen-bond acceptors (Lipinski definition) is 6. The molecular formula is C33H34FN5O4. The number of para-hydroxylation sites is 2. The number of halogens is 1. The van der Waals surface area contributed by atoms with Gasteiger partial charge in [-0.2, -0.15) is 0 Å². The summed E-state index contributed by atoms with van der Waals surface area (Å²) in [5, 5.41) is 7.51. The van der Waals surface area contributed by atoms with Gasteiger partial charge in [-0.3, -0.25) is 14.4 Å². The van der Waals surface area contributed by atoms with E-state index in [1.54, 1.807) is 73.5 Å². The zero-order valence-electron chi connectivity index (χ0n) is 24.0. The highest BCUT2D eigenvalue weighted by molar-refractivity contribution is 6.13. The lowest BCUT2D eigenvalue weighted by Gasteiger charge is -2.27. The molecule has 1 aliphatic rings. The van der Waals surface area contributed by atoms with Gasteiger partial charge < -0.3 is 30.9 Å². The molecule has 43 heavy (non-hydrogen) atoms. The number of carbonyl (C=O) groups is 3. The monoisotopic (exact) mass is 583 g/mol. The highest BCUT2D eigenvalue weighted by Gasteiger charge is 2.38. The van der Waals surface area contributed by atoms with E-state index in [0.29, 0.717) is 33.9 Å². The highest BCUT2D eigenvalue weighted by atomic mass is 19.1. The summed E-state index contributed by atoms with van der Waals surface area (Å²) in [6, 6.07) is 23.3. The second-order valence-corrected chi connectivity index (χ2v) is 10.3. The van der Waals surface area contributed by atoms with E-state index in [4.69, 9.17) is 10.5 Å². The van der Waals surface area contributed by atoms with Crippen molar-refractivity contribution in [2.24, 2.45) is 0 Å². The quantitative estimate of drug-likeness (QED) is 0.256. The predicted octanol–water partition coefficient (Wildman–Crippen LogP) is 4.06. The molecule has 2 atom stereocenters. The second kappa shape index (κ2) is 12.9. The number of likely N-dealkylation sites (N-methyl/N-ethyl adjacent to an activating group) is 1. The number of hydrogen-bond donors (Lipinski definition) is 3. The molecule has 5 rings (SSSR count). The van der Waals surface area contributed by atoms with Crippen molar-refractivity contribution in [3.8, 4) is 5.75 Å². The lowest BCUT2D eigenvalue weighted by Crippen LogP contribution is -2.55. The Hall–Kier alpha value is -4.96. The minimum absolute atomic E-state index is 0.0523. The maximum Gasteiger partial charge on any atom is 0.258 e. The van der Waals surface area contributed by atoms with E-state index in [0.717, 1.165) is 10.8 Å².